The first-order valence-electron chi connectivity index (χ1n) is 8.11. The van der Waals surface area contributed by atoms with Gasteiger partial charge in [-0.2, -0.15) is 4.31 Å². The van der Waals surface area contributed by atoms with E-state index in [0.717, 1.165) is 12.8 Å². The van der Waals surface area contributed by atoms with Crippen molar-refractivity contribution in [2.75, 3.05) is 39.4 Å². The number of sulfonamides is 1. The molecule has 1 amide bonds. The number of nitrogens with zero attached hydrogens (tertiary/aromatic N) is 2. The van der Waals surface area contributed by atoms with Gasteiger partial charge in [-0.15, -0.1) is 0 Å². The summed E-state index contributed by atoms with van der Waals surface area (Å²) >= 11 is 5.89. The van der Waals surface area contributed by atoms with Crippen molar-refractivity contribution in [3.05, 3.63) is 29.3 Å². The summed E-state index contributed by atoms with van der Waals surface area (Å²) in [6, 6.07) is 6.27. The molecule has 0 atom stereocenters. The van der Waals surface area contributed by atoms with Crippen molar-refractivity contribution in [1.82, 2.24) is 9.21 Å². The van der Waals surface area contributed by atoms with Crippen LogP contribution in [0.2, 0.25) is 5.02 Å². The van der Waals surface area contributed by atoms with E-state index in [-0.39, 0.29) is 16.7 Å². The van der Waals surface area contributed by atoms with E-state index >= 15 is 0 Å². The zero-order chi connectivity index (χ0) is 17.2. The van der Waals surface area contributed by atoms with E-state index in [9.17, 15) is 13.2 Å². The van der Waals surface area contributed by atoms with Gasteiger partial charge >= 0.3 is 0 Å². The summed E-state index contributed by atoms with van der Waals surface area (Å²) in [6.45, 7) is 2.72. The Morgan fingerprint density at radius 2 is 1.79 bits per heavy atom. The molecule has 0 saturated carbocycles. The number of ether oxygens (including phenoxy) is 1. The first kappa shape index (κ1) is 17.7. The van der Waals surface area contributed by atoms with Gasteiger partial charge in [-0.25, -0.2) is 8.42 Å². The van der Waals surface area contributed by atoms with Crippen LogP contribution < -0.4 is 0 Å². The molecule has 24 heavy (non-hydrogen) atoms. The van der Waals surface area contributed by atoms with Gasteiger partial charge in [0.15, 0.2) is 0 Å². The fraction of sp³-hybridized carbons (Fsp3) is 0.562. The molecular formula is C16H21ClN2O4S. The second-order valence-corrected chi connectivity index (χ2v) is 8.45. The standard InChI is InChI=1S/C16H21ClN2O4S/c17-14-2-1-3-15(12-14)24(21,22)19-8-6-18(7-9-19)16(20)13-4-10-23-11-5-13/h1-3,12-13H,4-11H2. The van der Waals surface area contributed by atoms with Gasteiger partial charge in [0.2, 0.25) is 15.9 Å². The maximum Gasteiger partial charge on any atom is 0.243 e. The molecule has 0 N–H and O–H groups in total. The van der Waals surface area contributed by atoms with E-state index in [2.05, 4.69) is 0 Å². The summed E-state index contributed by atoms with van der Waals surface area (Å²) in [6.07, 6.45) is 1.50. The summed E-state index contributed by atoms with van der Waals surface area (Å²) in [4.78, 5) is 14.5. The van der Waals surface area contributed by atoms with Gasteiger partial charge in [0.25, 0.3) is 0 Å². The number of rotatable bonds is 3. The lowest BCUT2D eigenvalue weighted by Gasteiger charge is -2.36. The van der Waals surface area contributed by atoms with Gasteiger partial charge < -0.3 is 9.64 Å². The number of carbonyl (C=O) groups excluding carboxylic acids is 1. The van der Waals surface area contributed by atoms with Gasteiger partial charge in [-0.3, -0.25) is 4.79 Å². The zero-order valence-electron chi connectivity index (χ0n) is 13.4. The van der Waals surface area contributed by atoms with Crippen LogP contribution in [0.4, 0.5) is 0 Å². The number of halogens is 1. The maximum atomic E-state index is 12.7. The van der Waals surface area contributed by atoms with E-state index in [1.54, 1.807) is 23.1 Å². The first-order valence-corrected chi connectivity index (χ1v) is 9.92. The minimum absolute atomic E-state index is 0.00911. The van der Waals surface area contributed by atoms with E-state index in [4.69, 9.17) is 16.3 Å². The van der Waals surface area contributed by atoms with Gasteiger partial charge in [0.1, 0.15) is 0 Å². The summed E-state index contributed by atoms with van der Waals surface area (Å²) in [5.74, 6) is 0.132. The lowest BCUT2D eigenvalue weighted by molar-refractivity contribution is -0.139. The summed E-state index contributed by atoms with van der Waals surface area (Å²) in [5, 5.41) is 0.393. The molecule has 0 aliphatic carbocycles. The number of benzene rings is 1. The van der Waals surface area contributed by atoms with Crippen molar-refractivity contribution < 1.29 is 17.9 Å². The Morgan fingerprint density at radius 3 is 2.42 bits per heavy atom. The van der Waals surface area contributed by atoms with Gasteiger partial charge in [0.05, 0.1) is 4.90 Å². The monoisotopic (exact) mass is 372 g/mol. The molecule has 2 aliphatic rings. The second kappa shape index (κ2) is 7.39. The number of piperazine rings is 1. The zero-order valence-corrected chi connectivity index (χ0v) is 14.9. The third kappa shape index (κ3) is 3.74. The third-order valence-corrected chi connectivity index (χ3v) is 6.68. The molecule has 3 rings (SSSR count). The van der Waals surface area contributed by atoms with Crippen molar-refractivity contribution in [1.29, 1.82) is 0 Å². The van der Waals surface area contributed by atoms with Crippen LogP contribution in [0.1, 0.15) is 12.8 Å². The summed E-state index contributed by atoms with van der Waals surface area (Å²) < 4.78 is 32.0. The lowest BCUT2D eigenvalue weighted by Crippen LogP contribution is -2.52. The molecule has 0 radical (unpaired) electrons. The fourth-order valence-corrected chi connectivity index (χ4v) is 4.85. The second-order valence-electron chi connectivity index (χ2n) is 6.07. The van der Waals surface area contributed by atoms with Crippen molar-refractivity contribution >= 4 is 27.5 Å². The molecule has 0 unspecified atom stereocenters. The average Bonchev–Trinajstić information content (AvgIpc) is 2.62. The van der Waals surface area contributed by atoms with E-state index in [0.29, 0.717) is 44.4 Å². The Bertz CT molecular complexity index is 696. The highest BCUT2D eigenvalue weighted by atomic mass is 35.5. The molecule has 0 bridgehead atoms. The molecule has 2 heterocycles. The van der Waals surface area contributed by atoms with Crippen LogP contribution in [0.3, 0.4) is 0 Å². The predicted molar refractivity (Wildman–Crippen MR) is 90.3 cm³/mol. The van der Waals surface area contributed by atoms with E-state index in [1.807, 2.05) is 0 Å². The largest absolute Gasteiger partial charge is 0.381 e. The molecule has 8 heteroatoms. The van der Waals surface area contributed by atoms with Crippen LogP contribution in [0.25, 0.3) is 0 Å². The summed E-state index contributed by atoms with van der Waals surface area (Å²) in [5.41, 5.74) is 0. The minimum atomic E-state index is -3.57. The quantitative estimate of drug-likeness (QED) is 0.808. The molecule has 6 nitrogen and oxygen atoms in total. The topological polar surface area (TPSA) is 66.9 Å². The molecule has 1 aromatic rings. The van der Waals surface area contributed by atoms with Crippen LogP contribution >= 0.6 is 11.6 Å². The normalized spacial score (nSPS) is 21.0. The molecule has 132 valence electrons. The van der Waals surface area contributed by atoms with E-state index < -0.39 is 10.0 Å². The Morgan fingerprint density at radius 1 is 1.12 bits per heavy atom. The fourth-order valence-electron chi connectivity index (χ4n) is 3.13. The van der Waals surface area contributed by atoms with E-state index in [1.165, 1.54) is 10.4 Å². The lowest BCUT2D eigenvalue weighted by atomic mass is 9.98. The van der Waals surface area contributed by atoms with Crippen LogP contribution in [0.15, 0.2) is 29.2 Å². The number of amides is 1. The SMILES string of the molecule is O=C(C1CCOCC1)N1CCN(S(=O)(=O)c2cccc(Cl)c2)CC1. The smallest absolute Gasteiger partial charge is 0.243 e. The summed E-state index contributed by atoms with van der Waals surface area (Å²) in [7, 11) is -3.57. The maximum absolute atomic E-state index is 12.7. The molecule has 2 aliphatic heterocycles. The minimum Gasteiger partial charge on any atom is -0.381 e. The van der Waals surface area contributed by atoms with Crippen molar-refractivity contribution in [2.24, 2.45) is 5.92 Å². The van der Waals surface area contributed by atoms with Gasteiger partial charge in [0, 0.05) is 50.3 Å². The number of hydrogen-bond donors (Lipinski definition) is 0. The van der Waals surface area contributed by atoms with Gasteiger partial charge in [-0.1, -0.05) is 17.7 Å². The van der Waals surface area contributed by atoms with Crippen molar-refractivity contribution in [2.45, 2.75) is 17.7 Å². The van der Waals surface area contributed by atoms with Crippen LogP contribution in [0.5, 0.6) is 0 Å². The molecule has 2 fully saturated rings. The molecular weight excluding hydrogens is 352 g/mol. The molecule has 1 aromatic carbocycles. The van der Waals surface area contributed by atoms with Crippen LogP contribution in [-0.4, -0.2) is 62.9 Å². The highest BCUT2D eigenvalue weighted by Crippen LogP contribution is 2.23. The number of carbonyl (C=O) groups is 1. The molecule has 0 spiro atoms. The highest BCUT2D eigenvalue weighted by molar-refractivity contribution is 7.89. The average molecular weight is 373 g/mol. The molecule has 0 aromatic heterocycles. The van der Waals surface area contributed by atoms with Gasteiger partial charge in [-0.05, 0) is 31.0 Å². The van der Waals surface area contributed by atoms with Crippen LogP contribution in [-0.2, 0) is 19.6 Å². The van der Waals surface area contributed by atoms with Crippen molar-refractivity contribution in [3.8, 4) is 0 Å². The first-order chi connectivity index (χ1) is 11.5. The number of hydrogen-bond acceptors (Lipinski definition) is 4. The molecule has 2 saturated heterocycles. The predicted octanol–water partition coefficient (Wildman–Crippen LogP) is 1.60. The highest BCUT2D eigenvalue weighted by Gasteiger charge is 2.33. The Labute approximate surface area is 147 Å². The Kier molecular flexibility index (Phi) is 5.44. The Hall–Kier alpha value is -1.15. The van der Waals surface area contributed by atoms with Crippen molar-refractivity contribution in [3.63, 3.8) is 0 Å². The Balaban J connectivity index is 1.63. The van der Waals surface area contributed by atoms with Crippen LogP contribution in [0, 0.1) is 5.92 Å². The third-order valence-electron chi connectivity index (χ3n) is 4.55.